The summed E-state index contributed by atoms with van der Waals surface area (Å²) in [7, 11) is 1.60. The summed E-state index contributed by atoms with van der Waals surface area (Å²) < 4.78 is 36.0. The number of morpholine rings is 1. The van der Waals surface area contributed by atoms with Crippen LogP contribution < -0.4 is 20.3 Å². The Labute approximate surface area is 283 Å². The largest absolute Gasteiger partial charge is 0.474 e. The second-order valence-electron chi connectivity index (χ2n) is 13.2. The van der Waals surface area contributed by atoms with E-state index in [-0.39, 0.29) is 67.0 Å². The van der Waals surface area contributed by atoms with Crippen LogP contribution in [0.1, 0.15) is 49.3 Å². The zero-order valence-corrected chi connectivity index (χ0v) is 28.9. The molecule has 0 radical (unpaired) electrons. The molecular weight excluding hydrogens is 619 g/mol. The minimum absolute atomic E-state index is 0.0471. The van der Waals surface area contributed by atoms with Crippen molar-refractivity contribution in [1.82, 2.24) is 25.4 Å². The van der Waals surface area contributed by atoms with Crippen molar-refractivity contribution in [2.24, 2.45) is 0 Å². The van der Waals surface area contributed by atoms with Gasteiger partial charge in [-0.2, -0.15) is 0 Å². The second kappa shape index (κ2) is 17.0. The van der Waals surface area contributed by atoms with Crippen LogP contribution in [0.3, 0.4) is 0 Å². The Bertz CT molecular complexity index is 1370. The molecule has 4 heterocycles. The molecule has 1 aromatic heterocycles. The predicted molar refractivity (Wildman–Crippen MR) is 180 cm³/mol. The number of fused-ring (bicyclic) bond motifs is 1. The van der Waals surface area contributed by atoms with Crippen molar-refractivity contribution in [2.45, 2.75) is 64.3 Å². The Morgan fingerprint density at radius 3 is 2.52 bits per heavy atom. The SMILES string of the molecule is COCCOCCNC(=O)c1nc2c(cc1Cc1ccc(F)cc1)N(C(=O)CN1C[C@@H](C)NC[C@@H]1CN1[C@H](C)COC[C@H]1C)[C@@H](C)CO2. The number of ether oxygens (including phenoxy) is 4. The van der Waals surface area contributed by atoms with E-state index >= 15 is 0 Å². The van der Waals surface area contributed by atoms with E-state index in [9.17, 15) is 14.0 Å². The fraction of sp³-hybridized carbons (Fsp3) is 0.629. The second-order valence-corrected chi connectivity index (χ2v) is 13.2. The third-order valence-electron chi connectivity index (χ3n) is 9.30. The van der Waals surface area contributed by atoms with Gasteiger partial charge >= 0.3 is 0 Å². The highest BCUT2D eigenvalue weighted by Crippen LogP contribution is 2.35. The maximum atomic E-state index is 14.3. The normalized spacial score (nSPS) is 25.0. The molecular formula is C35H51FN6O6. The van der Waals surface area contributed by atoms with E-state index in [4.69, 9.17) is 18.9 Å². The number of carbonyl (C=O) groups excluding carboxylic acids is 2. The Morgan fingerprint density at radius 1 is 1.04 bits per heavy atom. The Hall–Kier alpha value is -3.20. The first-order chi connectivity index (χ1) is 23.1. The number of benzene rings is 1. The van der Waals surface area contributed by atoms with E-state index in [2.05, 4.69) is 46.2 Å². The summed E-state index contributed by atoms with van der Waals surface area (Å²) in [6.45, 7) is 14.3. The van der Waals surface area contributed by atoms with Gasteiger partial charge < -0.3 is 34.5 Å². The number of halogens is 1. The van der Waals surface area contributed by atoms with Crippen LogP contribution in [0, 0.1) is 5.82 Å². The summed E-state index contributed by atoms with van der Waals surface area (Å²) in [5, 5.41) is 6.48. The van der Waals surface area contributed by atoms with Gasteiger partial charge in [0.1, 0.15) is 23.8 Å². The summed E-state index contributed by atoms with van der Waals surface area (Å²) >= 11 is 0. The number of amides is 2. The van der Waals surface area contributed by atoms with Gasteiger partial charge in [0.25, 0.3) is 5.91 Å². The minimum atomic E-state index is -0.380. The van der Waals surface area contributed by atoms with Gasteiger partial charge in [-0.3, -0.25) is 19.4 Å². The molecule has 0 unspecified atom stereocenters. The number of aromatic nitrogens is 1. The minimum Gasteiger partial charge on any atom is -0.474 e. The summed E-state index contributed by atoms with van der Waals surface area (Å²) in [5.41, 5.74) is 2.15. The number of hydrogen-bond acceptors (Lipinski definition) is 10. The molecule has 3 aliphatic rings. The predicted octanol–water partition coefficient (Wildman–Crippen LogP) is 2.09. The van der Waals surface area contributed by atoms with Crippen LogP contribution in [0.2, 0.25) is 0 Å². The number of piperazine rings is 1. The lowest BCUT2D eigenvalue weighted by atomic mass is 10.0. The van der Waals surface area contributed by atoms with Crippen molar-refractivity contribution in [3.8, 4) is 5.88 Å². The first-order valence-corrected chi connectivity index (χ1v) is 17.0. The maximum Gasteiger partial charge on any atom is 0.270 e. The average molecular weight is 671 g/mol. The monoisotopic (exact) mass is 670 g/mol. The molecule has 0 spiro atoms. The molecule has 2 saturated heterocycles. The Kier molecular flexibility index (Phi) is 12.7. The zero-order chi connectivity index (χ0) is 34.2. The number of pyridine rings is 1. The van der Waals surface area contributed by atoms with Gasteiger partial charge in [0.2, 0.25) is 11.8 Å². The van der Waals surface area contributed by atoms with Crippen molar-refractivity contribution in [2.75, 3.05) is 84.4 Å². The first kappa shape index (κ1) is 36.1. The van der Waals surface area contributed by atoms with Crippen LogP contribution in [0.15, 0.2) is 30.3 Å². The lowest BCUT2D eigenvalue weighted by Gasteiger charge is -2.46. The quantitative estimate of drug-likeness (QED) is 0.307. The summed E-state index contributed by atoms with van der Waals surface area (Å²) in [6, 6.07) is 8.75. The van der Waals surface area contributed by atoms with Gasteiger partial charge in [0, 0.05) is 57.5 Å². The molecule has 2 amide bonds. The van der Waals surface area contributed by atoms with Crippen LogP contribution in [0.4, 0.5) is 10.1 Å². The molecule has 12 nitrogen and oxygen atoms in total. The lowest BCUT2D eigenvalue weighted by Crippen LogP contribution is -2.63. The molecule has 1 aromatic carbocycles. The van der Waals surface area contributed by atoms with E-state index in [1.807, 2.05) is 13.0 Å². The third-order valence-corrected chi connectivity index (χ3v) is 9.30. The summed E-state index contributed by atoms with van der Waals surface area (Å²) in [4.78, 5) is 39.0. The molecule has 0 bridgehead atoms. The number of rotatable bonds is 13. The molecule has 0 aliphatic carbocycles. The van der Waals surface area contributed by atoms with E-state index in [0.29, 0.717) is 62.8 Å². The summed E-state index contributed by atoms with van der Waals surface area (Å²) in [6.07, 6.45) is 0.317. The first-order valence-electron chi connectivity index (χ1n) is 17.0. The smallest absolute Gasteiger partial charge is 0.270 e. The van der Waals surface area contributed by atoms with E-state index in [1.165, 1.54) is 12.1 Å². The van der Waals surface area contributed by atoms with Gasteiger partial charge in [-0.05, 0) is 63.4 Å². The average Bonchev–Trinajstić information content (AvgIpc) is 3.06. The van der Waals surface area contributed by atoms with Crippen LogP contribution in [0.5, 0.6) is 5.88 Å². The molecule has 264 valence electrons. The van der Waals surface area contributed by atoms with Gasteiger partial charge in [-0.15, -0.1) is 0 Å². The molecule has 2 aromatic rings. The Balaban J connectivity index is 1.38. The highest BCUT2D eigenvalue weighted by atomic mass is 19.1. The number of anilines is 1. The van der Waals surface area contributed by atoms with Gasteiger partial charge in [0.05, 0.1) is 45.6 Å². The van der Waals surface area contributed by atoms with Crippen LogP contribution in [-0.4, -0.2) is 136 Å². The van der Waals surface area contributed by atoms with Crippen LogP contribution >= 0.6 is 0 Å². The highest BCUT2D eigenvalue weighted by Gasteiger charge is 2.37. The van der Waals surface area contributed by atoms with Crippen LogP contribution in [0.25, 0.3) is 0 Å². The van der Waals surface area contributed by atoms with Crippen molar-refractivity contribution in [3.05, 3.63) is 53.0 Å². The highest BCUT2D eigenvalue weighted by molar-refractivity contribution is 5.99. The Morgan fingerprint density at radius 2 is 1.79 bits per heavy atom. The fourth-order valence-electron chi connectivity index (χ4n) is 6.71. The fourth-order valence-corrected chi connectivity index (χ4v) is 6.71. The molecule has 0 saturated carbocycles. The number of hydrogen-bond donors (Lipinski definition) is 2. The molecule has 2 N–H and O–H groups in total. The molecule has 5 atom stereocenters. The van der Waals surface area contributed by atoms with Gasteiger partial charge in [-0.25, -0.2) is 9.37 Å². The van der Waals surface area contributed by atoms with E-state index in [0.717, 1.165) is 25.2 Å². The molecule has 2 fully saturated rings. The van der Waals surface area contributed by atoms with Crippen molar-refractivity contribution < 1.29 is 32.9 Å². The third kappa shape index (κ3) is 9.07. The number of nitrogens with one attached hydrogen (secondary N) is 2. The van der Waals surface area contributed by atoms with E-state index in [1.54, 1.807) is 24.1 Å². The van der Waals surface area contributed by atoms with Crippen LogP contribution in [-0.2, 0) is 25.4 Å². The standard InChI is InChI=1S/C35H51FN6O6/c1-23-17-40(30(16-38-23)18-41-24(2)20-47-21-25(41)3)19-32(43)42-26(4)22-48-35-31(42)15-28(14-27-6-8-29(36)9-7-27)33(39-35)34(44)37-10-11-46-13-12-45-5/h6-9,15,23-26,30,38H,10-14,16-22H2,1-5H3,(H,37,44)/t23-,24-,25-,26+,30-/m1/s1. The van der Waals surface area contributed by atoms with Gasteiger partial charge in [-0.1, -0.05) is 12.1 Å². The van der Waals surface area contributed by atoms with Crippen molar-refractivity contribution in [1.29, 1.82) is 0 Å². The molecule has 3 aliphatic heterocycles. The number of methoxy groups -OCH3 is 1. The maximum absolute atomic E-state index is 14.3. The lowest BCUT2D eigenvalue weighted by molar-refractivity contribution is -0.122. The number of nitrogens with zero attached hydrogens (tertiary/aromatic N) is 4. The molecule has 48 heavy (non-hydrogen) atoms. The summed E-state index contributed by atoms with van der Waals surface area (Å²) in [5.74, 6) is -0.526. The number of carbonyl (C=O) groups is 2. The molecule has 5 rings (SSSR count). The van der Waals surface area contributed by atoms with Crippen molar-refractivity contribution >= 4 is 17.5 Å². The zero-order valence-electron chi connectivity index (χ0n) is 28.9. The molecule has 13 heteroatoms. The topological polar surface area (TPSA) is 118 Å². The van der Waals surface area contributed by atoms with E-state index < -0.39 is 0 Å². The van der Waals surface area contributed by atoms with Gasteiger partial charge in [0.15, 0.2) is 0 Å². The van der Waals surface area contributed by atoms with Crippen molar-refractivity contribution in [3.63, 3.8) is 0 Å².